The summed E-state index contributed by atoms with van der Waals surface area (Å²) in [7, 11) is 0. The minimum Gasteiger partial charge on any atom is -0.347 e. The van der Waals surface area contributed by atoms with Crippen molar-refractivity contribution in [2.45, 2.75) is 46.2 Å². The van der Waals surface area contributed by atoms with Crippen molar-refractivity contribution in [1.82, 2.24) is 35.2 Å². The van der Waals surface area contributed by atoms with Crippen molar-refractivity contribution < 1.29 is 9.32 Å². The summed E-state index contributed by atoms with van der Waals surface area (Å²) in [5, 5.41) is 17.3. The maximum absolute atomic E-state index is 13.3. The van der Waals surface area contributed by atoms with Gasteiger partial charge < -0.3 is 14.4 Å². The van der Waals surface area contributed by atoms with Crippen molar-refractivity contribution in [1.29, 1.82) is 0 Å². The third-order valence-corrected chi connectivity index (χ3v) is 7.72. The number of fused-ring (bicyclic) bond motifs is 2. The Labute approximate surface area is 229 Å². The Morgan fingerprint density at radius 3 is 2.82 bits per heavy atom. The molecule has 6 aromatic rings. The molecule has 4 heterocycles. The van der Waals surface area contributed by atoms with Gasteiger partial charge in [-0.25, -0.2) is 4.98 Å². The van der Waals surface area contributed by atoms with Crippen LogP contribution in [0.5, 0.6) is 0 Å². The summed E-state index contributed by atoms with van der Waals surface area (Å²) in [6.07, 6.45) is 2.68. The fourth-order valence-corrected chi connectivity index (χ4v) is 5.55. The van der Waals surface area contributed by atoms with Gasteiger partial charge in [0, 0.05) is 34.7 Å². The number of nitrogens with zero attached hydrogens (tertiary/aromatic N) is 5. The zero-order valence-electron chi connectivity index (χ0n) is 22.0. The van der Waals surface area contributed by atoms with Crippen LogP contribution in [0.3, 0.4) is 0 Å². The van der Waals surface area contributed by atoms with Gasteiger partial charge in [0.25, 0.3) is 0 Å². The molecular weight excluding hydrogens is 510 g/mol. The average Bonchev–Trinajstić information content (AvgIpc) is 3.72. The van der Waals surface area contributed by atoms with Crippen LogP contribution >= 0.6 is 11.3 Å². The predicted octanol–water partition coefficient (Wildman–Crippen LogP) is 5.91. The lowest BCUT2D eigenvalue weighted by Gasteiger charge is -2.33. The summed E-state index contributed by atoms with van der Waals surface area (Å²) >= 11 is 1.65. The molecular formula is C29H29N7O2S. The fourth-order valence-electron chi connectivity index (χ4n) is 4.85. The molecule has 0 bridgehead atoms. The minimum absolute atomic E-state index is 0.0966. The number of thiophene rings is 1. The van der Waals surface area contributed by atoms with Gasteiger partial charge in [-0.05, 0) is 35.1 Å². The number of carbonyl (C=O) groups is 1. The molecule has 0 spiro atoms. The lowest BCUT2D eigenvalue weighted by Crippen LogP contribution is -2.32. The highest BCUT2D eigenvalue weighted by atomic mass is 32.1. The van der Waals surface area contributed by atoms with E-state index < -0.39 is 0 Å². The number of H-pyrrole nitrogens is 1. The Bertz CT molecular complexity index is 1740. The number of aromatic nitrogens is 6. The first-order valence-corrected chi connectivity index (χ1v) is 13.7. The molecule has 1 atom stereocenters. The van der Waals surface area contributed by atoms with E-state index in [1.165, 1.54) is 0 Å². The third-order valence-electron chi connectivity index (χ3n) is 6.85. The lowest BCUT2D eigenvalue weighted by atomic mass is 9.84. The van der Waals surface area contributed by atoms with Crippen LogP contribution in [0, 0.1) is 5.41 Å². The molecule has 0 saturated heterocycles. The van der Waals surface area contributed by atoms with Gasteiger partial charge in [0.2, 0.25) is 11.8 Å². The number of imidazole rings is 1. The molecule has 9 nitrogen and oxygen atoms in total. The SMILES string of the molecule is CC(C)(C)[C@H](CC(=O)NCc1nc(Cc2cccs2)no1)n1c(-c2ccc3cn[nH]c3c2)nc2ccccc21. The molecule has 1 amide bonds. The summed E-state index contributed by atoms with van der Waals surface area (Å²) in [5.41, 5.74) is 3.53. The molecule has 0 aliphatic carbocycles. The van der Waals surface area contributed by atoms with Crippen LogP contribution in [-0.4, -0.2) is 35.8 Å². The van der Waals surface area contributed by atoms with Crippen molar-refractivity contribution in [2.24, 2.45) is 5.41 Å². The first-order valence-electron chi connectivity index (χ1n) is 12.9. The highest BCUT2D eigenvalue weighted by Gasteiger charge is 2.32. The fraction of sp³-hybridized carbons (Fsp3) is 0.276. The minimum atomic E-state index is -0.244. The lowest BCUT2D eigenvalue weighted by molar-refractivity contribution is -0.122. The monoisotopic (exact) mass is 539 g/mol. The Balaban J connectivity index is 1.27. The molecule has 0 aliphatic rings. The van der Waals surface area contributed by atoms with E-state index in [-0.39, 0.29) is 30.3 Å². The van der Waals surface area contributed by atoms with Gasteiger partial charge in [0.1, 0.15) is 5.82 Å². The summed E-state index contributed by atoms with van der Waals surface area (Å²) < 4.78 is 7.58. The standard InChI is InChI=1S/C29H29N7O2S/c1-29(2,3)24(15-26(37)30-17-27-33-25(35-38-27)14-20-7-6-12-39-20)36-23-9-5-4-8-21(23)32-28(36)18-10-11-19-16-31-34-22(19)13-18/h4-13,16,24H,14-15,17H2,1-3H3,(H,30,37)(H,31,34)/t24-/m0/s1. The Hall–Kier alpha value is -4.31. The van der Waals surface area contributed by atoms with E-state index in [4.69, 9.17) is 9.51 Å². The Morgan fingerprint density at radius 2 is 2.00 bits per heavy atom. The topological polar surface area (TPSA) is 115 Å². The molecule has 0 unspecified atom stereocenters. The maximum Gasteiger partial charge on any atom is 0.246 e. The Morgan fingerprint density at radius 1 is 1.13 bits per heavy atom. The molecule has 6 rings (SSSR count). The number of aromatic amines is 1. The van der Waals surface area contributed by atoms with E-state index >= 15 is 0 Å². The van der Waals surface area contributed by atoms with Crippen molar-refractivity contribution >= 4 is 39.2 Å². The highest BCUT2D eigenvalue weighted by Crippen LogP contribution is 2.40. The van der Waals surface area contributed by atoms with Gasteiger partial charge in [0.15, 0.2) is 5.82 Å². The molecule has 2 N–H and O–H groups in total. The quantitative estimate of drug-likeness (QED) is 0.249. The molecule has 0 fully saturated rings. The Kier molecular flexibility index (Phi) is 6.48. The van der Waals surface area contributed by atoms with Crippen LogP contribution in [0.2, 0.25) is 0 Å². The van der Waals surface area contributed by atoms with Crippen LogP contribution in [0.1, 0.15) is 49.8 Å². The molecule has 0 saturated carbocycles. The van der Waals surface area contributed by atoms with Gasteiger partial charge in [-0.15, -0.1) is 11.3 Å². The normalized spacial score (nSPS) is 12.8. The van der Waals surface area contributed by atoms with E-state index in [0.29, 0.717) is 18.1 Å². The number of amides is 1. The summed E-state index contributed by atoms with van der Waals surface area (Å²) in [5.74, 6) is 1.72. The number of nitrogens with one attached hydrogen (secondary N) is 2. The first-order chi connectivity index (χ1) is 18.8. The smallest absolute Gasteiger partial charge is 0.246 e. The number of hydrogen-bond acceptors (Lipinski definition) is 7. The van der Waals surface area contributed by atoms with Crippen LogP contribution in [0.25, 0.3) is 33.3 Å². The molecule has 39 heavy (non-hydrogen) atoms. The van der Waals surface area contributed by atoms with E-state index in [0.717, 1.165) is 38.2 Å². The molecule has 10 heteroatoms. The maximum atomic E-state index is 13.3. The third kappa shape index (κ3) is 5.20. The summed E-state index contributed by atoms with van der Waals surface area (Å²) in [6.45, 7) is 6.63. The summed E-state index contributed by atoms with van der Waals surface area (Å²) in [4.78, 5) is 23.9. The average molecular weight is 540 g/mol. The number of benzene rings is 2. The number of carbonyl (C=O) groups excluding carboxylic acids is 1. The second kappa shape index (κ2) is 10.1. The van der Waals surface area contributed by atoms with Gasteiger partial charge in [-0.3, -0.25) is 9.89 Å². The van der Waals surface area contributed by atoms with Crippen LogP contribution in [0.15, 0.2) is 70.7 Å². The molecule has 0 aliphatic heterocycles. The van der Waals surface area contributed by atoms with Gasteiger partial charge >= 0.3 is 0 Å². The molecule has 2 aromatic carbocycles. The zero-order chi connectivity index (χ0) is 27.0. The van der Waals surface area contributed by atoms with E-state index in [9.17, 15) is 4.79 Å². The second-order valence-electron chi connectivity index (χ2n) is 10.7. The van der Waals surface area contributed by atoms with Crippen LogP contribution < -0.4 is 5.32 Å². The molecule has 0 radical (unpaired) electrons. The van der Waals surface area contributed by atoms with Crippen molar-refractivity contribution in [3.05, 3.63) is 82.8 Å². The zero-order valence-corrected chi connectivity index (χ0v) is 22.8. The van der Waals surface area contributed by atoms with E-state index in [1.54, 1.807) is 17.5 Å². The predicted molar refractivity (Wildman–Crippen MR) is 151 cm³/mol. The van der Waals surface area contributed by atoms with Crippen LogP contribution in [-0.2, 0) is 17.8 Å². The number of hydrogen-bond donors (Lipinski definition) is 2. The van der Waals surface area contributed by atoms with Gasteiger partial charge in [-0.2, -0.15) is 10.1 Å². The molecule has 4 aromatic heterocycles. The first kappa shape index (κ1) is 25.0. The van der Waals surface area contributed by atoms with Crippen molar-refractivity contribution in [3.8, 4) is 11.4 Å². The summed E-state index contributed by atoms with van der Waals surface area (Å²) in [6, 6.07) is 18.1. The largest absolute Gasteiger partial charge is 0.347 e. The van der Waals surface area contributed by atoms with Gasteiger partial charge in [-0.1, -0.05) is 56.3 Å². The van der Waals surface area contributed by atoms with Crippen molar-refractivity contribution in [3.63, 3.8) is 0 Å². The number of rotatable bonds is 8. The van der Waals surface area contributed by atoms with Crippen LogP contribution in [0.4, 0.5) is 0 Å². The van der Waals surface area contributed by atoms with Gasteiger partial charge in [0.05, 0.1) is 29.3 Å². The second-order valence-corrected chi connectivity index (χ2v) is 11.7. The highest BCUT2D eigenvalue weighted by molar-refractivity contribution is 7.09. The van der Waals surface area contributed by atoms with Crippen molar-refractivity contribution in [2.75, 3.05) is 0 Å². The van der Waals surface area contributed by atoms with E-state index in [1.807, 2.05) is 41.8 Å². The number of para-hydroxylation sites is 2. The van der Waals surface area contributed by atoms with E-state index in [2.05, 4.69) is 69.2 Å². The molecule has 198 valence electrons.